The summed E-state index contributed by atoms with van der Waals surface area (Å²) >= 11 is 0. The molecule has 14 heavy (non-hydrogen) atoms. The van der Waals surface area contributed by atoms with Gasteiger partial charge in [0.1, 0.15) is 0 Å². The van der Waals surface area contributed by atoms with Gasteiger partial charge in [0.15, 0.2) is 0 Å². The Labute approximate surface area is 79.5 Å². The number of carbonyl (C=O) groups is 1. The third-order valence-electron chi connectivity index (χ3n) is 1.74. The van der Waals surface area contributed by atoms with E-state index in [0.717, 1.165) is 13.2 Å². The van der Waals surface area contributed by atoms with Crippen LogP contribution in [-0.4, -0.2) is 13.1 Å². The number of halogens is 2. The predicted molar refractivity (Wildman–Crippen MR) is 46.8 cm³/mol. The molecular weight excluding hydrogens is 192 g/mol. The van der Waals surface area contributed by atoms with Gasteiger partial charge in [-0.1, -0.05) is 18.2 Å². The standard InChI is InChI=1S/C9H9F2NO2/c1-14-8(13)9(10,11)6-4-2-3-5-7(6)12/h2-5H,12H2,1H3. The first-order valence-electron chi connectivity index (χ1n) is 3.81. The lowest BCUT2D eigenvalue weighted by Crippen LogP contribution is -2.28. The number of hydrogen-bond donors (Lipinski definition) is 1. The van der Waals surface area contributed by atoms with Crippen LogP contribution in [0.3, 0.4) is 0 Å². The van der Waals surface area contributed by atoms with E-state index < -0.39 is 17.5 Å². The van der Waals surface area contributed by atoms with Crippen molar-refractivity contribution in [1.82, 2.24) is 0 Å². The number of hydrogen-bond acceptors (Lipinski definition) is 3. The first-order chi connectivity index (χ1) is 6.50. The molecule has 0 spiro atoms. The Morgan fingerprint density at radius 1 is 1.43 bits per heavy atom. The van der Waals surface area contributed by atoms with Crippen LogP contribution in [0.4, 0.5) is 14.5 Å². The highest BCUT2D eigenvalue weighted by atomic mass is 19.3. The van der Waals surface area contributed by atoms with Crippen molar-refractivity contribution < 1.29 is 18.3 Å². The van der Waals surface area contributed by atoms with Gasteiger partial charge in [-0.05, 0) is 6.07 Å². The van der Waals surface area contributed by atoms with Gasteiger partial charge in [-0.15, -0.1) is 0 Å². The number of nitrogens with two attached hydrogens (primary N) is 1. The normalized spacial score (nSPS) is 11.1. The molecule has 3 nitrogen and oxygen atoms in total. The van der Waals surface area contributed by atoms with Crippen LogP contribution in [0.25, 0.3) is 0 Å². The molecular formula is C9H9F2NO2. The van der Waals surface area contributed by atoms with Crippen LogP contribution < -0.4 is 5.73 Å². The summed E-state index contributed by atoms with van der Waals surface area (Å²) in [4.78, 5) is 10.8. The topological polar surface area (TPSA) is 52.3 Å². The van der Waals surface area contributed by atoms with E-state index in [9.17, 15) is 13.6 Å². The molecule has 0 radical (unpaired) electrons. The number of carbonyl (C=O) groups excluding carboxylic acids is 1. The Balaban J connectivity index is 3.16. The van der Waals surface area contributed by atoms with Gasteiger partial charge in [-0.3, -0.25) is 0 Å². The molecule has 0 fully saturated rings. The molecule has 1 rings (SSSR count). The largest absolute Gasteiger partial charge is 0.464 e. The number of alkyl halides is 2. The highest BCUT2D eigenvalue weighted by molar-refractivity contribution is 5.81. The minimum Gasteiger partial charge on any atom is -0.464 e. The second kappa shape index (κ2) is 3.61. The Hall–Kier alpha value is -1.65. The fourth-order valence-corrected chi connectivity index (χ4v) is 1.02. The molecule has 5 heteroatoms. The van der Waals surface area contributed by atoms with Crippen LogP contribution in [0.2, 0.25) is 0 Å². The number of para-hydroxylation sites is 1. The molecule has 0 aliphatic carbocycles. The van der Waals surface area contributed by atoms with E-state index in [2.05, 4.69) is 4.74 Å². The molecule has 0 heterocycles. The molecule has 0 aliphatic heterocycles. The summed E-state index contributed by atoms with van der Waals surface area (Å²) in [6, 6.07) is 5.27. The van der Waals surface area contributed by atoms with E-state index in [-0.39, 0.29) is 5.69 Å². The van der Waals surface area contributed by atoms with Crippen molar-refractivity contribution in [2.75, 3.05) is 12.8 Å². The maximum Gasteiger partial charge on any atom is 0.381 e. The van der Waals surface area contributed by atoms with Crippen molar-refractivity contribution in [3.63, 3.8) is 0 Å². The molecule has 0 atom stereocenters. The molecule has 1 aromatic rings. The number of ether oxygens (including phenoxy) is 1. The summed E-state index contributed by atoms with van der Waals surface area (Å²) < 4.78 is 30.5. The van der Waals surface area contributed by atoms with Gasteiger partial charge < -0.3 is 10.5 Å². The molecule has 0 bridgehead atoms. The number of anilines is 1. The lowest BCUT2D eigenvalue weighted by molar-refractivity contribution is -0.170. The van der Waals surface area contributed by atoms with E-state index in [0.29, 0.717) is 0 Å². The first kappa shape index (κ1) is 10.4. The molecule has 76 valence electrons. The van der Waals surface area contributed by atoms with E-state index >= 15 is 0 Å². The summed E-state index contributed by atoms with van der Waals surface area (Å²) in [5.74, 6) is -5.31. The molecule has 1 aromatic carbocycles. The lowest BCUT2D eigenvalue weighted by atomic mass is 10.1. The van der Waals surface area contributed by atoms with Crippen molar-refractivity contribution in [2.45, 2.75) is 5.92 Å². The fourth-order valence-electron chi connectivity index (χ4n) is 1.02. The lowest BCUT2D eigenvalue weighted by Gasteiger charge is -2.15. The predicted octanol–water partition coefficient (Wildman–Crippen LogP) is 1.53. The maximum absolute atomic E-state index is 13.3. The summed E-state index contributed by atoms with van der Waals surface area (Å²) in [5.41, 5.74) is 4.64. The smallest absolute Gasteiger partial charge is 0.381 e. The minimum atomic E-state index is -3.69. The molecule has 0 unspecified atom stereocenters. The van der Waals surface area contributed by atoms with Gasteiger partial charge in [-0.25, -0.2) is 4.79 Å². The van der Waals surface area contributed by atoms with Gasteiger partial charge in [0.05, 0.1) is 12.7 Å². The van der Waals surface area contributed by atoms with Crippen LogP contribution >= 0.6 is 0 Å². The van der Waals surface area contributed by atoms with Crippen LogP contribution in [0.15, 0.2) is 24.3 Å². The van der Waals surface area contributed by atoms with Crippen molar-refractivity contribution in [3.05, 3.63) is 29.8 Å². The first-order valence-corrected chi connectivity index (χ1v) is 3.81. The third-order valence-corrected chi connectivity index (χ3v) is 1.74. The second-order valence-electron chi connectivity index (χ2n) is 2.65. The third kappa shape index (κ3) is 1.66. The number of esters is 1. The summed E-state index contributed by atoms with van der Waals surface area (Å²) in [5, 5.41) is 0. The monoisotopic (exact) mass is 201 g/mol. The average molecular weight is 201 g/mol. The Morgan fingerprint density at radius 3 is 2.50 bits per heavy atom. The molecule has 0 saturated heterocycles. The molecule has 0 aliphatic rings. The van der Waals surface area contributed by atoms with Crippen LogP contribution in [0.1, 0.15) is 5.56 Å². The summed E-state index contributed by atoms with van der Waals surface area (Å²) in [7, 11) is 0.898. The summed E-state index contributed by atoms with van der Waals surface area (Å²) in [6.45, 7) is 0. The average Bonchev–Trinajstić information content (AvgIpc) is 2.17. The Morgan fingerprint density at radius 2 is 2.00 bits per heavy atom. The Bertz CT molecular complexity index is 352. The van der Waals surface area contributed by atoms with E-state index in [1.54, 1.807) is 0 Å². The highest BCUT2D eigenvalue weighted by Crippen LogP contribution is 2.32. The Kier molecular flexibility index (Phi) is 2.69. The van der Waals surface area contributed by atoms with Crippen LogP contribution in [0, 0.1) is 0 Å². The quantitative estimate of drug-likeness (QED) is 0.583. The van der Waals surface area contributed by atoms with E-state index in [4.69, 9.17) is 5.73 Å². The highest BCUT2D eigenvalue weighted by Gasteiger charge is 2.43. The van der Waals surface area contributed by atoms with Crippen LogP contribution in [-0.2, 0) is 15.5 Å². The SMILES string of the molecule is COC(=O)C(F)(F)c1ccccc1N. The zero-order valence-electron chi connectivity index (χ0n) is 7.46. The molecule has 2 N–H and O–H groups in total. The summed E-state index contributed by atoms with van der Waals surface area (Å²) in [6.07, 6.45) is 0. The van der Waals surface area contributed by atoms with Crippen molar-refractivity contribution in [3.8, 4) is 0 Å². The van der Waals surface area contributed by atoms with Gasteiger partial charge in [-0.2, -0.15) is 8.78 Å². The van der Waals surface area contributed by atoms with Crippen molar-refractivity contribution >= 4 is 11.7 Å². The number of nitrogen functional groups attached to an aromatic ring is 1. The van der Waals surface area contributed by atoms with Crippen molar-refractivity contribution in [2.24, 2.45) is 0 Å². The zero-order chi connectivity index (χ0) is 10.8. The second-order valence-corrected chi connectivity index (χ2v) is 2.65. The number of rotatable bonds is 2. The molecule has 0 saturated carbocycles. The minimum absolute atomic E-state index is 0.136. The van der Waals surface area contributed by atoms with Gasteiger partial charge in [0.2, 0.25) is 0 Å². The molecule has 0 aromatic heterocycles. The number of benzene rings is 1. The van der Waals surface area contributed by atoms with Crippen molar-refractivity contribution in [1.29, 1.82) is 0 Å². The molecule has 0 amide bonds. The van der Waals surface area contributed by atoms with Crippen LogP contribution in [0.5, 0.6) is 0 Å². The van der Waals surface area contributed by atoms with Gasteiger partial charge in [0.25, 0.3) is 0 Å². The van der Waals surface area contributed by atoms with Gasteiger partial charge >= 0.3 is 11.9 Å². The number of methoxy groups -OCH3 is 1. The maximum atomic E-state index is 13.3. The van der Waals surface area contributed by atoms with E-state index in [1.807, 2.05) is 0 Å². The van der Waals surface area contributed by atoms with Gasteiger partial charge in [0, 0.05) is 5.69 Å². The zero-order valence-corrected chi connectivity index (χ0v) is 7.46. The fraction of sp³-hybridized carbons (Fsp3) is 0.222. The van der Waals surface area contributed by atoms with E-state index in [1.165, 1.54) is 18.2 Å².